The van der Waals surface area contributed by atoms with Crippen LogP contribution >= 0.6 is 23.8 Å². The zero-order valence-corrected chi connectivity index (χ0v) is 10.4. The number of aromatic amines is 1. The van der Waals surface area contributed by atoms with Crippen molar-refractivity contribution in [3.05, 3.63) is 58.3 Å². The molecule has 0 fully saturated rings. The molecule has 0 spiro atoms. The van der Waals surface area contributed by atoms with Crippen LogP contribution in [-0.4, -0.2) is 9.55 Å². The highest BCUT2D eigenvalue weighted by Crippen LogP contribution is 2.21. The van der Waals surface area contributed by atoms with E-state index >= 15 is 0 Å². The van der Waals surface area contributed by atoms with Crippen molar-refractivity contribution in [2.24, 2.45) is 0 Å². The third-order valence-corrected chi connectivity index (χ3v) is 3.18. The lowest BCUT2D eigenvalue weighted by molar-refractivity contribution is 1.07. The molecule has 0 radical (unpaired) electrons. The van der Waals surface area contributed by atoms with Gasteiger partial charge in [0.2, 0.25) is 0 Å². The average molecular weight is 261 g/mol. The number of rotatable bonds is 1. The first-order valence-corrected chi connectivity index (χ1v) is 6.00. The molecule has 2 aromatic carbocycles. The van der Waals surface area contributed by atoms with Gasteiger partial charge in [-0.05, 0) is 42.5 Å². The van der Waals surface area contributed by atoms with E-state index in [4.69, 9.17) is 23.8 Å². The topological polar surface area (TPSA) is 20.7 Å². The third kappa shape index (κ3) is 1.77. The molecule has 0 saturated heterocycles. The fraction of sp³-hybridized carbons (Fsp3) is 0. The number of para-hydroxylation sites is 2. The van der Waals surface area contributed by atoms with Crippen LogP contribution in [0.25, 0.3) is 16.7 Å². The number of benzene rings is 2. The summed E-state index contributed by atoms with van der Waals surface area (Å²) in [4.78, 5) is 3.18. The van der Waals surface area contributed by atoms with Gasteiger partial charge in [-0.15, -0.1) is 0 Å². The number of H-pyrrole nitrogens is 1. The predicted octanol–water partition coefficient (Wildman–Crippen LogP) is 4.34. The van der Waals surface area contributed by atoms with Gasteiger partial charge in [-0.25, -0.2) is 0 Å². The van der Waals surface area contributed by atoms with Crippen molar-refractivity contribution in [2.75, 3.05) is 0 Å². The Bertz CT molecular complexity index is 742. The summed E-state index contributed by atoms with van der Waals surface area (Å²) in [6, 6.07) is 15.7. The first kappa shape index (κ1) is 10.6. The number of imidazole rings is 1. The normalized spacial score (nSPS) is 10.9. The summed E-state index contributed by atoms with van der Waals surface area (Å²) in [7, 11) is 0. The molecule has 4 heteroatoms. The Hall–Kier alpha value is -1.58. The molecule has 1 N–H and O–H groups in total. The standard InChI is InChI=1S/C13H9ClN2S/c14-9-4-3-5-10(8-9)16-12-7-2-1-6-11(12)15-13(16)17/h1-8H,(H,15,17). The van der Waals surface area contributed by atoms with E-state index in [1.54, 1.807) is 0 Å². The Balaban J connectivity index is 2.37. The highest BCUT2D eigenvalue weighted by atomic mass is 35.5. The van der Waals surface area contributed by atoms with E-state index in [1.165, 1.54) is 0 Å². The highest BCUT2D eigenvalue weighted by molar-refractivity contribution is 7.71. The zero-order chi connectivity index (χ0) is 11.8. The molecule has 1 heterocycles. The van der Waals surface area contributed by atoms with Gasteiger partial charge in [-0.1, -0.05) is 29.8 Å². The summed E-state index contributed by atoms with van der Waals surface area (Å²) in [5, 5.41) is 0.703. The lowest BCUT2D eigenvalue weighted by Gasteiger charge is -2.04. The lowest BCUT2D eigenvalue weighted by Crippen LogP contribution is -1.93. The average Bonchev–Trinajstić information content (AvgIpc) is 2.64. The van der Waals surface area contributed by atoms with Gasteiger partial charge in [-0.3, -0.25) is 4.57 Å². The molecule has 2 nitrogen and oxygen atoms in total. The molecule has 0 aliphatic carbocycles. The zero-order valence-electron chi connectivity index (χ0n) is 8.85. The molecular weight excluding hydrogens is 252 g/mol. The highest BCUT2D eigenvalue weighted by Gasteiger charge is 2.05. The van der Waals surface area contributed by atoms with Crippen LogP contribution in [0.15, 0.2) is 48.5 Å². The van der Waals surface area contributed by atoms with Gasteiger partial charge in [0.25, 0.3) is 0 Å². The smallest absolute Gasteiger partial charge is 0.182 e. The van der Waals surface area contributed by atoms with Crippen LogP contribution in [0.2, 0.25) is 5.02 Å². The van der Waals surface area contributed by atoms with E-state index in [0.29, 0.717) is 9.79 Å². The molecule has 0 unspecified atom stereocenters. The van der Waals surface area contributed by atoms with E-state index in [1.807, 2.05) is 53.1 Å². The van der Waals surface area contributed by atoms with Crippen molar-refractivity contribution in [2.45, 2.75) is 0 Å². The van der Waals surface area contributed by atoms with E-state index < -0.39 is 0 Å². The van der Waals surface area contributed by atoms with Crippen LogP contribution in [0.3, 0.4) is 0 Å². The molecule has 3 aromatic rings. The van der Waals surface area contributed by atoms with Crippen LogP contribution in [0, 0.1) is 4.77 Å². The molecule has 0 bridgehead atoms. The number of fused-ring (bicyclic) bond motifs is 1. The van der Waals surface area contributed by atoms with Crippen LogP contribution in [0.4, 0.5) is 0 Å². The summed E-state index contributed by atoms with van der Waals surface area (Å²) < 4.78 is 2.66. The van der Waals surface area contributed by atoms with Crippen LogP contribution in [0.5, 0.6) is 0 Å². The lowest BCUT2D eigenvalue weighted by atomic mass is 10.3. The molecule has 0 aliphatic heterocycles. The Morgan fingerprint density at radius 3 is 2.71 bits per heavy atom. The van der Waals surface area contributed by atoms with Crippen molar-refractivity contribution < 1.29 is 0 Å². The molecule has 0 aliphatic rings. The minimum absolute atomic E-state index is 0.675. The SMILES string of the molecule is S=c1[nH]c2ccccc2n1-c1cccc(Cl)c1. The van der Waals surface area contributed by atoms with Gasteiger partial charge >= 0.3 is 0 Å². The number of hydrogen-bond acceptors (Lipinski definition) is 1. The minimum atomic E-state index is 0.675. The van der Waals surface area contributed by atoms with Crippen molar-refractivity contribution in [1.29, 1.82) is 0 Å². The maximum absolute atomic E-state index is 6.01. The van der Waals surface area contributed by atoms with E-state index in [-0.39, 0.29) is 0 Å². The van der Waals surface area contributed by atoms with Crippen molar-refractivity contribution in [1.82, 2.24) is 9.55 Å². The number of aromatic nitrogens is 2. The maximum atomic E-state index is 6.01. The van der Waals surface area contributed by atoms with Crippen LogP contribution in [0.1, 0.15) is 0 Å². The number of hydrogen-bond donors (Lipinski definition) is 1. The van der Waals surface area contributed by atoms with Gasteiger partial charge in [0.1, 0.15) is 0 Å². The van der Waals surface area contributed by atoms with Gasteiger partial charge < -0.3 is 4.98 Å². The van der Waals surface area contributed by atoms with Crippen molar-refractivity contribution >= 4 is 34.9 Å². The second-order valence-electron chi connectivity index (χ2n) is 3.76. The predicted molar refractivity (Wildman–Crippen MR) is 73.5 cm³/mol. The molecule has 0 amide bonds. The summed E-state index contributed by atoms with van der Waals surface area (Å²) in [6.45, 7) is 0. The molecule has 0 atom stereocenters. The van der Waals surface area contributed by atoms with Gasteiger partial charge in [0.15, 0.2) is 4.77 Å². The Labute approximate surface area is 108 Å². The van der Waals surface area contributed by atoms with Gasteiger partial charge in [0.05, 0.1) is 11.0 Å². The largest absolute Gasteiger partial charge is 0.330 e. The Morgan fingerprint density at radius 1 is 1.06 bits per heavy atom. The summed E-state index contributed by atoms with van der Waals surface area (Å²) in [5.41, 5.74) is 3.05. The second-order valence-corrected chi connectivity index (χ2v) is 4.59. The first-order chi connectivity index (χ1) is 8.25. The van der Waals surface area contributed by atoms with E-state index in [2.05, 4.69) is 4.98 Å². The van der Waals surface area contributed by atoms with Crippen LogP contribution in [-0.2, 0) is 0 Å². The van der Waals surface area contributed by atoms with Crippen molar-refractivity contribution in [3.63, 3.8) is 0 Å². The van der Waals surface area contributed by atoms with Crippen LogP contribution < -0.4 is 0 Å². The molecule has 84 valence electrons. The quantitative estimate of drug-likeness (QED) is 0.646. The fourth-order valence-electron chi connectivity index (χ4n) is 1.93. The number of nitrogens with one attached hydrogen (secondary N) is 1. The Morgan fingerprint density at radius 2 is 1.88 bits per heavy atom. The van der Waals surface area contributed by atoms with E-state index in [0.717, 1.165) is 16.7 Å². The fourth-order valence-corrected chi connectivity index (χ4v) is 2.42. The summed E-state index contributed by atoms with van der Waals surface area (Å²) in [5.74, 6) is 0. The molecule has 3 rings (SSSR count). The monoisotopic (exact) mass is 260 g/mol. The molecule has 1 aromatic heterocycles. The van der Waals surface area contributed by atoms with Gasteiger partial charge in [0, 0.05) is 10.7 Å². The molecular formula is C13H9ClN2S. The van der Waals surface area contributed by atoms with Gasteiger partial charge in [-0.2, -0.15) is 0 Å². The summed E-state index contributed by atoms with van der Waals surface area (Å²) >= 11 is 11.4. The molecule has 17 heavy (non-hydrogen) atoms. The summed E-state index contributed by atoms with van der Waals surface area (Å²) in [6.07, 6.45) is 0. The Kier molecular flexibility index (Phi) is 2.50. The number of nitrogens with zero attached hydrogens (tertiary/aromatic N) is 1. The first-order valence-electron chi connectivity index (χ1n) is 5.21. The maximum Gasteiger partial charge on any atom is 0.182 e. The van der Waals surface area contributed by atoms with Crippen molar-refractivity contribution in [3.8, 4) is 5.69 Å². The third-order valence-electron chi connectivity index (χ3n) is 2.66. The minimum Gasteiger partial charge on any atom is -0.330 e. The number of halogens is 1. The second kappa shape index (κ2) is 4.02. The van der Waals surface area contributed by atoms with E-state index in [9.17, 15) is 0 Å². The molecule has 0 saturated carbocycles.